The van der Waals surface area contributed by atoms with E-state index in [1.807, 2.05) is 0 Å². The maximum Gasteiger partial charge on any atom is 0.220 e. The molecule has 0 spiro atoms. The maximum atomic E-state index is 12.8. The molecule has 2 aromatic rings. The molecule has 6 heteroatoms. The molecule has 0 bridgehead atoms. The number of amides is 2. The van der Waals surface area contributed by atoms with E-state index in [0.717, 1.165) is 59.1 Å². The molecule has 264 valence electrons. The predicted octanol–water partition coefficient (Wildman–Crippen LogP) is 9.03. The van der Waals surface area contributed by atoms with Crippen molar-refractivity contribution in [1.29, 1.82) is 0 Å². The zero-order chi connectivity index (χ0) is 36.0. The van der Waals surface area contributed by atoms with Gasteiger partial charge in [0.1, 0.15) is 11.5 Å². The first-order valence-electron chi connectivity index (χ1n) is 17.7. The largest absolute Gasteiger partial charge is 0.507 e. The van der Waals surface area contributed by atoms with Crippen molar-refractivity contribution in [3.8, 4) is 11.5 Å². The van der Waals surface area contributed by atoms with Crippen molar-refractivity contribution in [2.75, 3.05) is 6.54 Å². The van der Waals surface area contributed by atoms with Gasteiger partial charge in [0.05, 0.1) is 0 Å². The first-order chi connectivity index (χ1) is 21.4. The van der Waals surface area contributed by atoms with Gasteiger partial charge in [0.15, 0.2) is 0 Å². The third-order valence-electron chi connectivity index (χ3n) is 8.90. The standard InChI is InChI=1S/C41H66N2O4/c1-27(43-35(45)21-19-29-25-32(40(8,9)10)37(47)33(26-29)41(11,12)13)17-15-14-16-22-42-34(44)20-18-28-23-30(38(2,3)4)36(46)31(24-28)39(5,6)7/h23-27,46-47H,14-22H2,1-13H3,(H,42,44)(H,43,45). The van der Waals surface area contributed by atoms with Crippen LogP contribution in [0.25, 0.3) is 0 Å². The Bertz CT molecular complexity index is 1290. The average Bonchev–Trinajstić information content (AvgIpc) is 2.91. The molecule has 0 aromatic heterocycles. The monoisotopic (exact) mass is 651 g/mol. The van der Waals surface area contributed by atoms with Crippen LogP contribution in [0.5, 0.6) is 11.5 Å². The van der Waals surface area contributed by atoms with Crippen molar-refractivity contribution in [3.05, 3.63) is 57.6 Å². The summed E-state index contributed by atoms with van der Waals surface area (Å²) in [6.07, 6.45) is 5.87. The molecule has 2 aromatic carbocycles. The Morgan fingerprint density at radius 2 is 0.957 bits per heavy atom. The topological polar surface area (TPSA) is 98.7 Å². The van der Waals surface area contributed by atoms with Gasteiger partial charge in [0.25, 0.3) is 0 Å². The summed E-state index contributed by atoms with van der Waals surface area (Å²) in [6.45, 7) is 27.9. The highest BCUT2D eigenvalue weighted by molar-refractivity contribution is 5.76. The summed E-state index contributed by atoms with van der Waals surface area (Å²) in [5.74, 6) is 0.826. The third kappa shape index (κ3) is 12.5. The van der Waals surface area contributed by atoms with Crippen LogP contribution in [0.2, 0.25) is 0 Å². The lowest BCUT2D eigenvalue weighted by molar-refractivity contribution is -0.122. The van der Waals surface area contributed by atoms with Crippen LogP contribution < -0.4 is 10.6 Å². The van der Waals surface area contributed by atoms with Gasteiger partial charge >= 0.3 is 0 Å². The number of carbonyl (C=O) groups excluding carboxylic acids is 2. The zero-order valence-corrected chi connectivity index (χ0v) is 32.0. The van der Waals surface area contributed by atoms with E-state index in [-0.39, 0.29) is 39.5 Å². The van der Waals surface area contributed by atoms with Gasteiger partial charge in [-0.15, -0.1) is 0 Å². The second-order valence-electron chi connectivity index (χ2n) is 17.7. The van der Waals surface area contributed by atoms with Crippen LogP contribution in [-0.2, 0) is 44.1 Å². The molecule has 0 aliphatic rings. The Morgan fingerprint density at radius 3 is 1.32 bits per heavy atom. The van der Waals surface area contributed by atoms with Crippen molar-refractivity contribution < 1.29 is 19.8 Å². The number of aromatic hydroxyl groups is 2. The van der Waals surface area contributed by atoms with E-state index in [4.69, 9.17) is 0 Å². The number of phenolic OH excluding ortho intramolecular Hbond substituents is 2. The van der Waals surface area contributed by atoms with E-state index in [1.54, 1.807) is 0 Å². The Morgan fingerprint density at radius 1 is 0.596 bits per heavy atom. The van der Waals surface area contributed by atoms with E-state index in [0.29, 0.717) is 43.7 Å². The highest BCUT2D eigenvalue weighted by Gasteiger charge is 2.28. The van der Waals surface area contributed by atoms with Gasteiger partial charge in [-0.2, -0.15) is 0 Å². The van der Waals surface area contributed by atoms with Gasteiger partial charge in [-0.3, -0.25) is 9.59 Å². The molecule has 1 unspecified atom stereocenters. The van der Waals surface area contributed by atoms with Crippen LogP contribution in [0.4, 0.5) is 0 Å². The molecule has 0 radical (unpaired) electrons. The molecule has 2 amide bonds. The number of unbranched alkanes of at least 4 members (excludes halogenated alkanes) is 2. The number of hydrogen-bond acceptors (Lipinski definition) is 4. The number of nitrogens with one attached hydrogen (secondary N) is 2. The Kier molecular flexibility index (Phi) is 13.6. The van der Waals surface area contributed by atoms with Gasteiger partial charge in [-0.25, -0.2) is 0 Å². The van der Waals surface area contributed by atoms with Gasteiger partial charge in [0.2, 0.25) is 11.8 Å². The van der Waals surface area contributed by atoms with Gasteiger partial charge in [-0.05, 0) is 87.6 Å². The summed E-state index contributed by atoms with van der Waals surface area (Å²) in [5, 5.41) is 28.1. The third-order valence-corrected chi connectivity index (χ3v) is 8.90. The Balaban J connectivity index is 1.76. The second kappa shape index (κ2) is 15.9. The molecule has 0 saturated carbocycles. The minimum absolute atomic E-state index is 0.0466. The second-order valence-corrected chi connectivity index (χ2v) is 17.7. The lowest BCUT2D eigenvalue weighted by atomic mass is 9.78. The van der Waals surface area contributed by atoms with Crippen LogP contribution in [0.1, 0.15) is 162 Å². The Hall–Kier alpha value is -3.02. The molecule has 0 saturated heterocycles. The fourth-order valence-corrected chi connectivity index (χ4v) is 5.97. The zero-order valence-electron chi connectivity index (χ0n) is 32.0. The number of phenols is 2. The number of rotatable bonds is 13. The predicted molar refractivity (Wildman–Crippen MR) is 197 cm³/mol. The molecule has 2 rings (SSSR count). The average molecular weight is 651 g/mol. The quantitative estimate of drug-likeness (QED) is 0.163. The summed E-state index contributed by atoms with van der Waals surface area (Å²) in [7, 11) is 0. The lowest BCUT2D eigenvalue weighted by Crippen LogP contribution is -2.32. The van der Waals surface area contributed by atoms with Crippen LogP contribution >= 0.6 is 0 Å². The lowest BCUT2D eigenvalue weighted by Gasteiger charge is -2.28. The first kappa shape index (κ1) is 40.2. The number of hydrogen-bond donors (Lipinski definition) is 4. The molecule has 0 heterocycles. The van der Waals surface area contributed by atoms with Crippen LogP contribution in [0.15, 0.2) is 24.3 Å². The summed E-state index contributed by atoms with van der Waals surface area (Å²) < 4.78 is 0. The van der Waals surface area contributed by atoms with Crippen LogP contribution in [0, 0.1) is 0 Å². The summed E-state index contributed by atoms with van der Waals surface area (Å²) >= 11 is 0. The molecular weight excluding hydrogens is 584 g/mol. The number of benzene rings is 2. The number of aryl methyl sites for hydroxylation is 2. The summed E-state index contributed by atoms with van der Waals surface area (Å²) in [4.78, 5) is 25.4. The van der Waals surface area contributed by atoms with E-state index in [9.17, 15) is 19.8 Å². The van der Waals surface area contributed by atoms with E-state index >= 15 is 0 Å². The minimum Gasteiger partial charge on any atom is -0.507 e. The van der Waals surface area contributed by atoms with Crippen molar-refractivity contribution in [3.63, 3.8) is 0 Å². The van der Waals surface area contributed by atoms with Crippen LogP contribution in [0.3, 0.4) is 0 Å². The fraction of sp³-hybridized carbons (Fsp3) is 0.659. The van der Waals surface area contributed by atoms with Crippen molar-refractivity contribution >= 4 is 11.8 Å². The smallest absolute Gasteiger partial charge is 0.220 e. The van der Waals surface area contributed by atoms with Gasteiger partial charge in [0, 0.05) is 25.4 Å². The number of carbonyl (C=O) groups is 2. The molecule has 4 N–H and O–H groups in total. The minimum atomic E-state index is -0.194. The molecule has 6 nitrogen and oxygen atoms in total. The normalized spacial score (nSPS) is 13.4. The van der Waals surface area contributed by atoms with E-state index in [2.05, 4.69) is 125 Å². The van der Waals surface area contributed by atoms with Crippen molar-refractivity contribution in [1.82, 2.24) is 10.6 Å². The Labute approximate surface area is 286 Å². The van der Waals surface area contributed by atoms with E-state index < -0.39 is 0 Å². The van der Waals surface area contributed by atoms with Crippen molar-refractivity contribution in [2.24, 2.45) is 0 Å². The van der Waals surface area contributed by atoms with Gasteiger partial charge in [-0.1, -0.05) is 120 Å². The highest BCUT2D eigenvalue weighted by Crippen LogP contribution is 2.41. The molecule has 0 fully saturated rings. The molecular formula is C41H66N2O4. The molecule has 1 atom stereocenters. The van der Waals surface area contributed by atoms with Gasteiger partial charge < -0.3 is 20.8 Å². The summed E-state index contributed by atoms with van der Waals surface area (Å²) in [6, 6.07) is 8.31. The highest BCUT2D eigenvalue weighted by atomic mass is 16.3. The molecule has 47 heavy (non-hydrogen) atoms. The van der Waals surface area contributed by atoms with Crippen LogP contribution in [-0.4, -0.2) is 34.6 Å². The summed E-state index contributed by atoms with van der Waals surface area (Å²) in [5.41, 5.74) is 5.08. The molecule has 0 aliphatic heterocycles. The SMILES string of the molecule is CC(CCCCCNC(=O)CCc1cc(C(C)(C)C)c(O)c(C(C)(C)C)c1)NC(=O)CCc1cc(C(C)(C)C)c(O)c(C(C)(C)C)c1. The van der Waals surface area contributed by atoms with E-state index in [1.165, 1.54) is 0 Å². The fourth-order valence-electron chi connectivity index (χ4n) is 5.97. The maximum absolute atomic E-state index is 12.8. The first-order valence-corrected chi connectivity index (χ1v) is 17.7. The molecule has 0 aliphatic carbocycles. The van der Waals surface area contributed by atoms with Crippen molar-refractivity contribution in [2.45, 2.75) is 169 Å².